The van der Waals surface area contributed by atoms with E-state index in [-0.39, 0.29) is 36.0 Å². The van der Waals surface area contributed by atoms with Gasteiger partial charge in [0.1, 0.15) is 6.04 Å². The van der Waals surface area contributed by atoms with Crippen LogP contribution in [0, 0.1) is 16.0 Å². The van der Waals surface area contributed by atoms with Gasteiger partial charge in [-0.05, 0) is 65.5 Å². The molecular weight excluding hydrogens is 592 g/mol. The molecule has 3 rings (SSSR count). The zero-order chi connectivity index (χ0) is 32.8. The molecule has 0 spiro atoms. The molecule has 0 saturated heterocycles. The predicted molar refractivity (Wildman–Crippen MR) is 179 cm³/mol. The Bertz CT molecular complexity index is 1430. The molecule has 0 saturated carbocycles. The molecule has 0 heterocycles. The summed E-state index contributed by atoms with van der Waals surface area (Å²) in [4.78, 5) is 50.5. The number of rotatable bonds is 19. The zero-order valence-electron chi connectivity index (χ0n) is 26.2. The van der Waals surface area contributed by atoms with Crippen LogP contribution in [0.25, 0.3) is 10.8 Å². The summed E-state index contributed by atoms with van der Waals surface area (Å²) < 4.78 is 0. The predicted octanol–water partition coefficient (Wildman–Crippen LogP) is 5.43. The van der Waals surface area contributed by atoms with E-state index in [0.717, 1.165) is 21.9 Å². The lowest BCUT2D eigenvalue weighted by Crippen LogP contribution is -2.49. The van der Waals surface area contributed by atoms with Crippen LogP contribution in [0.2, 0.25) is 0 Å². The van der Waals surface area contributed by atoms with Crippen LogP contribution in [0.5, 0.6) is 0 Å². The molecule has 0 aliphatic carbocycles. The van der Waals surface area contributed by atoms with Gasteiger partial charge in [0.05, 0.1) is 11.5 Å². The Hall–Kier alpha value is -3.96. The van der Waals surface area contributed by atoms with Gasteiger partial charge in [0.15, 0.2) is 0 Å². The summed E-state index contributed by atoms with van der Waals surface area (Å²) in [5, 5.41) is 28.6. The maximum atomic E-state index is 13.2. The van der Waals surface area contributed by atoms with Gasteiger partial charge in [-0.1, -0.05) is 68.4 Å². The number of non-ortho nitro benzene ring substituents is 1. The third kappa shape index (κ3) is 12.2. The van der Waals surface area contributed by atoms with Gasteiger partial charge in [-0.2, -0.15) is 11.8 Å². The number of amides is 2. The number of nitro benzene ring substituents is 1. The van der Waals surface area contributed by atoms with E-state index in [0.29, 0.717) is 50.9 Å². The first kappa shape index (κ1) is 35.5. The van der Waals surface area contributed by atoms with Crippen molar-refractivity contribution in [1.82, 2.24) is 15.5 Å². The molecule has 11 heteroatoms. The van der Waals surface area contributed by atoms with Crippen molar-refractivity contribution in [3.05, 3.63) is 88.0 Å². The number of hydrogen-bond donors (Lipinski definition) is 3. The second-order valence-corrected chi connectivity index (χ2v) is 12.7. The molecule has 0 bridgehead atoms. The number of hydrogen-bond acceptors (Lipinski definition) is 7. The van der Waals surface area contributed by atoms with Crippen molar-refractivity contribution in [3.63, 3.8) is 0 Å². The van der Waals surface area contributed by atoms with E-state index in [4.69, 9.17) is 0 Å². The standard InChI is InChI=1S/C34H44N4O6S/c1-24(2)20-28(35-32(39)13-6-8-25-14-16-29(17-15-25)38(43)44)22-37(23-33(40)36-31(34(41)42)18-19-45-3)21-27-11-7-10-26-9-4-5-12-30(26)27/h4-5,7,9-12,14-17,24,28,31H,6,8,13,18-23H2,1-3H3,(H,35,39)(H,36,40)(H,41,42)/t28-,31-/m0/s1. The van der Waals surface area contributed by atoms with Crippen molar-refractivity contribution < 1.29 is 24.4 Å². The Labute approximate surface area is 269 Å². The van der Waals surface area contributed by atoms with E-state index < -0.39 is 16.9 Å². The fraction of sp³-hybridized carbons (Fsp3) is 0.441. The van der Waals surface area contributed by atoms with Gasteiger partial charge in [0.25, 0.3) is 5.69 Å². The highest BCUT2D eigenvalue weighted by molar-refractivity contribution is 7.98. The van der Waals surface area contributed by atoms with Crippen LogP contribution in [0.3, 0.4) is 0 Å². The number of fused-ring (bicyclic) bond motifs is 1. The average Bonchev–Trinajstić information content (AvgIpc) is 2.99. The zero-order valence-corrected chi connectivity index (χ0v) is 27.1. The van der Waals surface area contributed by atoms with Crippen molar-refractivity contribution >= 4 is 46.0 Å². The van der Waals surface area contributed by atoms with E-state index in [2.05, 4.69) is 24.5 Å². The first-order valence-electron chi connectivity index (χ1n) is 15.3. The molecule has 0 aliphatic heterocycles. The Morgan fingerprint density at radius 2 is 1.69 bits per heavy atom. The Balaban J connectivity index is 1.72. The van der Waals surface area contributed by atoms with Crippen LogP contribution < -0.4 is 10.6 Å². The van der Waals surface area contributed by atoms with Gasteiger partial charge in [-0.25, -0.2) is 4.79 Å². The van der Waals surface area contributed by atoms with Gasteiger partial charge in [0, 0.05) is 37.7 Å². The number of nitrogens with zero attached hydrogens (tertiary/aromatic N) is 2. The smallest absolute Gasteiger partial charge is 0.326 e. The second kappa shape index (κ2) is 18.1. The van der Waals surface area contributed by atoms with Crippen molar-refractivity contribution in [2.24, 2.45) is 5.92 Å². The summed E-state index contributed by atoms with van der Waals surface area (Å²) in [5.74, 6) is -0.631. The molecule has 45 heavy (non-hydrogen) atoms. The monoisotopic (exact) mass is 636 g/mol. The molecule has 0 radical (unpaired) electrons. The molecule has 2 amide bonds. The summed E-state index contributed by atoms with van der Waals surface area (Å²) in [7, 11) is 0. The Morgan fingerprint density at radius 1 is 0.978 bits per heavy atom. The molecule has 2 atom stereocenters. The highest BCUT2D eigenvalue weighted by atomic mass is 32.2. The van der Waals surface area contributed by atoms with E-state index in [1.807, 2.05) is 53.6 Å². The minimum atomic E-state index is -1.06. The maximum Gasteiger partial charge on any atom is 0.326 e. The minimum absolute atomic E-state index is 0.0170. The molecule has 0 unspecified atom stereocenters. The fourth-order valence-electron chi connectivity index (χ4n) is 5.39. The molecule has 10 nitrogen and oxygen atoms in total. The summed E-state index contributed by atoms with van der Waals surface area (Å²) >= 11 is 1.53. The summed E-state index contributed by atoms with van der Waals surface area (Å²) in [6, 6.07) is 19.3. The van der Waals surface area contributed by atoms with Crippen LogP contribution >= 0.6 is 11.8 Å². The van der Waals surface area contributed by atoms with Gasteiger partial charge in [0.2, 0.25) is 11.8 Å². The van der Waals surface area contributed by atoms with Crippen LogP contribution in [-0.2, 0) is 27.3 Å². The number of benzene rings is 3. The highest BCUT2D eigenvalue weighted by Gasteiger charge is 2.24. The lowest BCUT2D eigenvalue weighted by atomic mass is 10.0. The number of carbonyl (C=O) groups is 3. The van der Waals surface area contributed by atoms with Crippen LogP contribution in [0.4, 0.5) is 5.69 Å². The number of thioether (sulfide) groups is 1. The first-order valence-corrected chi connectivity index (χ1v) is 16.7. The fourth-order valence-corrected chi connectivity index (χ4v) is 5.86. The van der Waals surface area contributed by atoms with E-state index >= 15 is 0 Å². The second-order valence-electron chi connectivity index (χ2n) is 11.7. The number of aliphatic carboxylic acids is 1. The third-order valence-electron chi connectivity index (χ3n) is 7.50. The Morgan fingerprint density at radius 3 is 2.36 bits per heavy atom. The van der Waals surface area contributed by atoms with Crippen molar-refractivity contribution in [2.75, 3.05) is 25.1 Å². The molecule has 3 aromatic carbocycles. The molecular formula is C34H44N4O6S. The number of nitro groups is 1. The van der Waals surface area contributed by atoms with E-state index in [1.165, 1.54) is 23.9 Å². The van der Waals surface area contributed by atoms with Crippen LogP contribution in [-0.4, -0.2) is 69.9 Å². The quantitative estimate of drug-likeness (QED) is 0.117. The van der Waals surface area contributed by atoms with Gasteiger partial charge in [-0.15, -0.1) is 0 Å². The van der Waals surface area contributed by atoms with Gasteiger partial charge >= 0.3 is 5.97 Å². The largest absolute Gasteiger partial charge is 0.480 e. The highest BCUT2D eigenvalue weighted by Crippen LogP contribution is 2.21. The normalized spacial score (nSPS) is 12.6. The molecule has 3 aromatic rings. The van der Waals surface area contributed by atoms with Crippen LogP contribution in [0.1, 0.15) is 50.7 Å². The van der Waals surface area contributed by atoms with Crippen LogP contribution in [0.15, 0.2) is 66.7 Å². The molecule has 0 aliphatic rings. The molecule has 0 fully saturated rings. The maximum absolute atomic E-state index is 13.2. The topological polar surface area (TPSA) is 142 Å². The molecule has 0 aromatic heterocycles. The Kier molecular flexibility index (Phi) is 14.3. The number of aryl methyl sites for hydroxylation is 1. The number of nitrogens with one attached hydrogen (secondary N) is 2. The number of carboxylic acid groups (broad SMARTS) is 1. The molecule has 242 valence electrons. The lowest BCUT2D eigenvalue weighted by molar-refractivity contribution is -0.384. The van der Waals surface area contributed by atoms with Crippen molar-refractivity contribution in [1.29, 1.82) is 0 Å². The molecule has 3 N–H and O–H groups in total. The van der Waals surface area contributed by atoms with Crippen molar-refractivity contribution in [2.45, 2.75) is 64.6 Å². The third-order valence-corrected chi connectivity index (χ3v) is 8.15. The SMILES string of the molecule is CSCC[C@H](NC(=O)CN(Cc1cccc2ccccc12)C[C@H](CC(C)C)NC(=O)CCCc1ccc([N+](=O)[O-])cc1)C(=O)O. The average molecular weight is 637 g/mol. The summed E-state index contributed by atoms with van der Waals surface area (Å²) in [5.41, 5.74) is 2.00. The first-order chi connectivity index (χ1) is 21.5. The number of carbonyl (C=O) groups excluding carboxylic acids is 2. The van der Waals surface area contributed by atoms with Crippen molar-refractivity contribution in [3.8, 4) is 0 Å². The minimum Gasteiger partial charge on any atom is -0.480 e. The summed E-state index contributed by atoms with van der Waals surface area (Å²) in [6.45, 7) is 5.00. The van der Waals surface area contributed by atoms with E-state index in [1.54, 1.807) is 12.1 Å². The summed E-state index contributed by atoms with van der Waals surface area (Å²) in [6.07, 6.45) is 4.43. The van der Waals surface area contributed by atoms with E-state index in [9.17, 15) is 29.6 Å². The lowest BCUT2D eigenvalue weighted by Gasteiger charge is -2.29. The van der Waals surface area contributed by atoms with Gasteiger partial charge in [-0.3, -0.25) is 24.6 Å². The van der Waals surface area contributed by atoms with Gasteiger partial charge < -0.3 is 15.7 Å². The number of carboxylic acids is 1.